The molecule has 194 valence electrons. The molecule has 2 heteroatoms. The molecule has 3 saturated carbocycles. The van der Waals surface area contributed by atoms with E-state index < -0.39 is 0 Å². The predicted molar refractivity (Wildman–Crippen MR) is 143 cm³/mol. The molecule has 0 radical (unpaired) electrons. The van der Waals surface area contributed by atoms with Crippen molar-refractivity contribution in [3.63, 3.8) is 0 Å². The molecule has 0 aliphatic heterocycles. The lowest BCUT2D eigenvalue weighted by molar-refractivity contribution is -0.0509. The zero-order chi connectivity index (χ0) is 24.6. The Morgan fingerprint density at radius 2 is 1.73 bits per heavy atom. The maximum absolute atomic E-state index is 10.2. The number of aliphatic hydroxyl groups is 1. The molecule has 0 aromatic rings. The van der Waals surface area contributed by atoms with Gasteiger partial charge in [0, 0.05) is 13.7 Å². The maximum Gasteiger partial charge on any atom is 0.0577 e. The average molecular weight is 463 g/mol. The van der Waals surface area contributed by atoms with Gasteiger partial charge in [0.2, 0.25) is 0 Å². The number of methoxy groups -OCH3 is 1. The Labute approximate surface area is 207 Å². The minimum absolute atomic E-state index is 0.0813. The third-order valence-corrected chi connectivity index (χ3v) is 10.2. The SMILES string of the molecule is CC.CC.COCC(C)CCCCC1CCC2C3CC=C4CC(O)CCC4(C)C3CCC12C. The summed E-state index contributed by atoms with van der Waals surface area (Å²) in [5, 5.41) is 10.2. The van der Waals surface area contributed by atoms with E-state index >= 15 is 0 Å². The molecular weight excluding hydrogens is 404 g/mol. The lowest BCUT2D eigenvalue weighted by atomic mass is 9.47. The summed E-state index contributed by atoms with van der Waals surface area (Å²) in [6, 6.07) is 0. The van der Waals surface area contributed by atoms with Crippen molar-refractivity contribution in [1.82, 2.24) is 0 Å². The standard InChI is InChI=1S/C27H46O2.2C2H6/c1-19(18-29-4)7-5-6-8-20-10-12-24-23-11-9-21-17-22(28)13-15-27(21,3)25(23)14-16-26(20,24)2;2*1-2/h9,19-20,22-25,28H,5-8,10-18H2,1-4H3;2*1-2H3. The van der Waals surface area contributed by atoms with Crippen LogP contribution in [0.25, 0.3) is 0 Å². The van der Waals surface area contributed by atoms with Crippen LogP contribution in [0, 0.1) is 40.4 Å². The van der Waals surface area contributed by atoms with Crippen molar-refractivity contribution in [3.05, 3.63) is 11.6 Å². The topological polar surface area (TPSA) is 29.5 Å². The van der Waals surface area contributed by atoms with Gasteiger partial charge in [-0.05, 0) is 105 Å². The molecule has 4 rings (SSSR count). The molecule has 2 nitrogen and oxygen atoms in total. The molecule has 8 unspecified atom stereocenters. The van der Waals surface area contributed by atoms with Crippen molar-refractivity contribution in [2.45, 2.75) is 132 Å². The summed E-state index contributed by atoms with van der Waals surface area (Å²) in [4.78, 5) is 0. The molecule has 0 spiro atoms. The van der Waals surface area contributed by atoms with Crippen molar-refractivity contribution < 1.29 is 9.84 Å². The quantitative estimate of drug-likeness (QED) is 0.302. The van der Waals surface area contributed by atoms with Crippen molar-refractivity contribution in [2.75, 3.05) is 13.7 Å². The minimum atomic E-state index is -0.0813. The van der Waals surface area contributed by atoms with Gasteiger partial charge in [0.15, 0.2) is 0 Å². The lowest BCUT2D eigenvalue weighted by Gasteiger charge is -2.58. The second-order valence-electron chi connectivity index (χ2n) is 11.8. The molecule has 0 saturated heterocycles. The van der Waals surface area contributed by atoms with E-state index in [9.17, 15) is 5.11 Å². The van der Waals surface area contributed by atoms with Crippen LogP contribution in [0.2, 0.25) is 0 Å². The molecule has 0 heterocycles. The fourth-order valence-corrected chi connectivity index (χ4v) is 8.48. The molecule has 8 atom stereocenters. The summed E-state index contributed by atoms with van der Waals surface area (Å²) in [6.45, 7) is 16.5. The Morgan fingerprint density at radius 1 is 1.00 bits per heavy atom. The second kappa shape index (κ2) is 13.1. The fourth-order valence-electron chi connectivity index (χ4n) is 8.48. The van der Waals surface area contributed by atoms with E-state index in [0.29, 0.717) is 16.7 Å². The number of allylic oxidation sites excluding steroid dienone is 1. The first-order chi connectivity index (χ1) is 15.9. The van der Waals surface area contributed by atoms with Crippen LogP contribution in [0.15, 0.2) is 11.6 Å². The normalized spacial score (nSPS) is 40.0. The molecule has 1 N–H and O–H groups in total. The zero-order valence-electron chi connectivity index (χ0n) is 23.6. The van der Waals surface area contributed by atoms with Gasteiger partial charge in [-0.25, -0.2) is 0 Å². The van der Waals surface area contributed by atoms with Crippen molar-refractivity contribution in [2.24, 2.45) is 40.4 Å². The molecule has 0 aromatic heterocycles. The summed E-state index contributed by atoms with van der Waals surface area (Å²) in [6.07, 6.45) is 18.4. The van der Waals surface area contributed by atoms with Crippen LogP contribution < -0.4 is 0 Å². The van der Waals surface area contributed by atoms with Gasteiger partial charge in [-0.15, -0.1) is 0 Å². The van der Waals surface area contributed by atoms with Gasteiger partial charge < -0.3 is 9.84 Å². The van der Waals surface area contributed by atoms with E-state index in [1.807, 2.05) is 34.8 Å². The van der Waals surface area contributed by atoms with E-state index in [4.69, 9.17) is 4.74 Å². The minimum Gasteiger partial charge on any atom is -0.393 e. The molecule has 4 aliphatic carbocycles. The van der Waals surface area contributed by atoms with Gasteiger partial charge in [0.05, 0.1) is 6.10 Å². The number of unbranched alkanes of at least 4 members (excludes halogenated alkanes) is 1. The highest BCUT2D eigenvalue weighted by molar-refractivity contribution is 5.25. The predicted octanol–water partition coefficient (Wildman–Crippen LogP) is 8.82. The van der Waals surface area contributed by atoms with Crippen LogP contribution in [-0.2, 0) is 4.74 Å². The monoisotopic (exact) mass is 462 g/mol. The highest BCUT2D eigenvalue weighted by Crippen LogP contribution is 2.66. The van der Waals surface area contributed by atoms with Crippen molar-refractivity contribution in [1.29, 1.82) is 0 Å². The van der Waals surface area contributed by atoms with E-state index in [0.717, 1.165) is 43.1 Å². The van der Waals surface area contributed by atoms with Gasteiger partial charge in [0.1, 0.15) is 0 Å². The number of fused-ring (bicyclic) bond motifs is 5. The third kappa shape index (κ3) is 6.08. The molecule has 0 bridgehead atoms. The molecule has 0 amide bonds. The van der Waals surface area contributed by atoms with Crippen LogP contribution in [0.1, 0.15) is 126 Å². The van der Waals surface area contributed by atoms with E-state index in [1.54, 1.807) is 5.57 Å². The highest BCUT2D eigenvalue weighted by Gasteiger charge is 2.58. The number of rotatable bonds is 7. The molecular formula is C31H58O2. The van der Waals surface area contributed by atoms with Gasteiger partial charge in [-0.3, -0.25) is 0 Å². The average Bonchev–Trinajstić information content (AvgIpc) is 3.16. The Balaban J connectivity index is 0.000000914. The van der Waals surface area contributed by atoms with E-state index in [1.165, 1.54) is 64.2 Å². The number of hydrogen-bond acceptors (Lipinski definition) is 2. The lowest BCUT2D eigenvalue weighted by Crippen LogP contribution is -2.50. The molecule has 0 aromatic carbocycles. The van der Waals surface area contributed by atoms with Crippen molar-refractivity contribution >= 4 is 0 Å². The van der Waals surface area contributed by atoms with Crippen LogP contribution in [-0.4, -0.2) is 24.9 Å². The van der Waals surface area contributed by atoms with Crippen LogP contribution >= 0.6 is 0 Å². The third-order valence-electron chi connectivity index (χ3n) is 10.2. The molecule has 4 aliphatic rings. The van der Waals surface area contributed by atoms with E-state index in [2.05, 4.69) is 26.8 Å². The first-order valence-corrected chi connectivity index (χ1v) is 14.7. The molecule has 3 fully saturated rings. The largest absolute Gasteiger partial charge is 0.393 e. The van der Waals surface area contributed by atoms with Crippen LogP contribution in [0.4, 0.5) is 0 Å². The first-order valence-electron chi connectivity index (χ1n) is 14.7. The Bertz CT molecular complexity index is 598. The summed E-state index contributed by atoms with van der Waals surface area (Å²) >= 11 is 0. The zero-order valence-corrected chi connectivity index (χ0v) is 23.6. The Hall–Kier alpha value is -0.340. The van der Waals surface area contributed by atoms with Gasteiger partial charge in [-0.2, -0.15) is 0 Å². The molecule has 33 heavy (non-hydrogen) atoms. The summed E-state index contributed by atoms with van der Waals surface area (Å²) in [5.74, 6) is 4.39. The van der Waals surface area contributed by atoms with E-state index in [-0.39, 0.29) is 6.10 Å². The second-order valence-corrected chi connectivity index (χ2v) is 11.8. The van der Waals surface area contributed by atoms with Gasteiger partial charge in [-0.1, -0.05) is 73.0 Å². The number of ether oxygens (including phenoxy) is 1. The first kappa shape index (κ1) is 28.9. The van der Waals surface area contributed by atoms with Crippen molar-refractivity contribution in [3.8, 4) is 0 Å². The van der Waals surface area contributed by atoms with Gasteiger partial charge in [0.25, 0.3) is 0 Å². The van der Waals surface area contributed by atoms with Crippen LogP contribution in [0.5, 0.6) is 0 Å². The summed E-state index contributed by atoms with van der Waals surface area (Å²) in [5.41, 5.74) is 2.59. The summed E-state index contributed by atoms with van der Waals surface area (Å²) in [7, 11) is 1.83. The smallest absolute Gasteiger partial charge is 0.0577 e. The Kier molecular flexibility index (Phi) is 11.5. The number of aliphatic hydroxyl groups excluding tert-OH is 1. The fraction of sp³-hybridized carbons (Fsp3) is 0.935. The highest BCUT2D eigenvalue weighted by atomic mass is 16.5. The number of hydrogen-bond donors (Lipinski definition) is 1. The Morgan fingerprint density at radius 3 is 2.42 bits per heavy atom. The van der Waals surface area contributed by atoms with Gasteiger partial charge >= 0.3 is 0 Å². The summed E-state index contributed by atoms with van der Waals surface area (Å²) < 4.78 is 5.30. The van der Waals surface area contributed by atoms with Crippen LogP contribution in [0.3, 0.4) is 0 Å². The maximum atomic E-state index is 10.2.